The minimum absolute atomic E-state index is 0.0508. The van der Waals surface area contributed by atoms with Gasteiger partial charge in [0, 0.05) is 15.5 Å². The number of H-pyrrole nitrogens is 1. The number of thioether (sulfide) groups is 1. The number of imide groups is 1. The van der Waals surface area contributed by atoms with Gasteiger partial charge in [-0.25, -0.2) is 4.79 Å². The number of nitrogens with one attached hydrogen (secondary N) is 1. The first kappa shape index (κ1) is 18.4. The Morgan fingerprint density at radius 2 is 1.93 bits per heavy atom. The van der Waals surface area contributed by atoms with E-state index >= 15 is 0 Å². The Hall–Kier alpha value is -1.61. The van der Waals surface area contributed by atoms with E-state index in [1.165, 1.54) is 18.3 Å². The van der Waals surface area contributed by atoms with E-state index in [-0.39, 0.29) is 45.1 Å². The van der Waals surface area contributed by atoms with Gasteiger partial charge in [-0.15, -0.1) is 11.8 Å². The predicted molar refractivity (Wildman–Crippen MR) is 103 cm³/mol. The Balaban J connectivity index is 1.59. The number of nitrogens with zero attached hydrogens (tertiary/aromatic N) is 1. The molecular weight excluding hydrogens is 400 g/mol. The van der Waals surface area contributed by atoms with Crippen LogP contribution in [0.1, 0.15) is 38.5 Å². The van der Waals surface area contributed by atoms with Crippen LogP contribution in [-0.4, -0.2) is 44.1 Å². The molecule has 2 saturated carbocycles. The Labute approximate surface area is 169 Å². The monoisotopic (exact) mass is 422 g/mol. The number of carbonyl (C=O) groups excluding carboxylic acids is 2. The standard InChI is InChI=1S/C19H22N2O5S2/c1-4-19(3)11-7-5-8(12(11)27-14-13(19)28-18(26)20-14)10-9(7)15(22)21(16(10)23)6(2)17(24)25/h6-12H,4-5H2,1-3H3,(H,20,26)(H,24,25)/t6-,7-,8+,9-,10-,11-,12+,19-/m0/s1. The summed E-state index contributed by atoms with van der Waals surface area (Å²) >= 11 is 2.92. The largest absolute Gasteiger partial charge is 0.480 e. The molecule has 28 heavy (non-hydrogen) atoms. The fourth-order valence-corrected chi connectivity index (χ4v) is 9.60. The van der Waals surface area contributed by atoms with Gasteiger partial charge in [0.1, 0.15) is 6.04 Å². The maximum Gasteiger partial charge on any atom is 0.326 e. The quantitative estimate of drug-likeness (QED) is 0.721. The summed E-state index contributed by atoms with van der Waals surface area (Å²) in [6, 6.07) is -1.13. The van der Waals surface area contributed by atoms with Crippen molar-refractivity contribution in [3.63, 3.8) is 0 Å². The summed E-state index contributed by atoms with van der Waals surface area (Å²) in [6.45, 7) is 5.70. The summed E-state index contributed by atoms with van der Waals surface area (Å²) in [5.74, 6) is -2.29. The van der Waals surface area contributed by atoms with Crippen LogP contribution >= 0.6 is 23.1 Å². The lowest BCUT2D eigenvalue weighted by Gasteiger charge is -2.48. The Morgan fingerprint density at radius 3 is 2.54 bits per heavy atom. The highest BCUT2D eigenvalue weighted by molar-refractivity contribution is 8.00. The molecular formula is C19H22N2O5S2. The second-order valence-corrected chi connectivity index (χ2v) is 10.9. The molecule has 4 aliphatic rings. The lowest BCUT2D eigenvalue weighted by molar-refractivity contribution is -0.154. The normalized spacial score (nSPS) is 41.8. The van der Waals surface area contributed by atoms with Gasteiger partial charge in [-0.1, -0.05) is 25.2 Å². The Morgan fingerprint density at radius 1 is 1.29 bits per heavy atom. The number of aromatic nitrogens is 1. The van der Waals surface area contributed by atoms with E-state index in [0.29, 0.717) is 0 Å². The molecule has 2 aliphatic carbocycles. The number of thiazole rings is 1. The van der Waals surface area contributed by atoms with Gasteiger partial charge < -0.3 is 10.1 Å². The third kappa shape index (κ3) is 2.01. The van der Waals surface area contributed by atoms with Gasteiger partial charge in [0.15, 0.2) is 0 Å². The number of aliphatic carboxylic acids is 1. The number of hydrogen-bond donors (Lipinski definition) is 2. The molecule has 3 heterocycles. The summed E-state index contributed by atoms with van der Waals surface area (Å²) in [6.07, 6.45) is 1.69. The maximum absolute atomic E-state index is 13.1. The molecule has 1 aromatic rings. The highest BCUT2D eigenvalue weighted by Gasteiger charge is 2.71. The SMILES string of the molecule is CC[C@]1(C)c2sc(=O)[nH]c2S[C@@H]2[C@@H]3C[C@@H]([C@@H]4C(=O)N([C@@H](C)C(=O)O)C(=O)[C@@H]34)[C@@H]21. The molecule has 2 aliphatic heterocycles. The zero-order valence-corrected chi connectivity index (χ0v) is 17.4. The number of carboxylic acid groups (broad SMARTS) is 1. The first-order valence-corrected chi connectivity index (χ1v) is 11.4. The number of likely N-dealkylation sites (tertiary alicyclic amines) is 1. The van der Waals surface area contributed by atoms with Gasteiger partial charge in [-0.2, -0.15) is 0 Å². The number of aromatic amines is 1. The summed E-state index contributed by atoms with van der Waals surface area (Å²) in [5, 5.41) is 10.4. The van der Waals surface area contributed by atoms with E-state index in [4.69, 9.17) is 0 Å². The summed E-state index contributed by atoms with van der Waals surface area (Å²) in [4.78, 5) is 54.6. The third-order valence-electron chi connectivity index (χ3n) is 7.74. The highest BCUT2D eigenvalue weighted by atomic mass is 32.2. The van der Waals surface area contributed by atoms with Gasteiger partial charge in [-0.05, 0) is 37.5 Å². The fraction of sp³-hybridized carbons (Fsp3) is 0.684. The van der Waals surface area contributed by atoms with Crippen LogP contribution in [0.2, 0.25) is 0 Å². The number of hydrogen-bond acceptors (Lipinski definition) is 6. The predicted octanol–water partition coefficient (Wildman–Crippen LogP) is 1.92. The molecule has 7 nitrogen and oxygen atoms in total. The van der Waals surface area contributed by atoms with Gasteiger partial charge >= 0.3 is 10.8 Å². The van der Waals surface area contributed by atoms with Crippen molar-refractivity contribution in [3.8, 4) is 0 Å². The lowest BCUT2D eigenvalue weighted by Crippen LogP contribution is -2.49. The minimum Gasteiger partial charge on any atom is -0.480 e. The molecule has 2 bridgehead atoms. The van der Waals surface area contributed by atoms with Crippen LogP contribution in [0.15, 0.2) is 9.82 Å². The molecule has 9 heteroatoms. The second-order valence-electron chi connectivity index (χ2n) is 8.73. The molecule has 0 radical (unpaired) electrons. The van der Waals surface area contributed by atoms with Gasteiger partial charge in [-0.3, -0.25) is 19.3 Å². The van der Waals surface area contributed by atoms with Crippen LogP contribution in [0.4, 0.5) is 0 Å². The molecule has 1 aromatic heterocycles. The van der Waals surface area contributed by atoms with Crippen LogP contribution in [0, 0.1) is 29.6 Å². The van der Waals surface area contributed by atoms with E-state index in [0.717, 1.165) is 27.6 Å². The summed E-state index contributed by atoms with van der Waals surface area (Å²) < 4.78 is 0. The molecule has 5 rings (SSSR count). The molecule has 2 N–H and O–H groups in total. The van der Waals surface area contributed by atoms with Crippen molar-refractivity contribution in [2.45, 2.75) is 55.3 Å². The van der Waals surface area contributed by atoms with Crippen molar-refractivity contribution in [2.24, 2.45) is 29.6 Å². The summed E-state index contributed by atoms with van der Waals surface area (Å²) in [7, 11) is 0. The molecule has 0 unspecified atom stereocenters. The average Bonchev–Trinajstić information content (AvgIpc) is 3.36. The zero-order valence-electron chi connectivity index (χ0n) is 15.8. The molecule has 8 atom stereocenters. The van der Waals surface area contributed by atoms with Crippen LogP contribution < -0.4 is 4.87 Å². The van der Waals surface area contributed by atoms with E-state index in [9.17, 15) is 24.3 Å². The van der Waals surface area contributed by atoms with E-state index < -0.39 is 23.8 Å². The molecule has 0 aromatic carbocycles. The van der Waals surface area contributed by atoms with E-state index in [1.54, 1.807) is 11.8 Å². The number of carbonyl (C=O) groups is 3. The molecule has 3 fully saturated rings. The summed E-state index contributed by atoms with van der Waals surface area (Å²) in [5.41, 5.74) is -0.214. The topological polar surface area (TPSA) is 108 Å². The Bertz CT molecular complexity index is 970. The van der Waals surface area contributed by atoms with Crippen LogP contribution in [-0.2, 0) is 19.8 Å². The van der Waals surface area contributed by atoms with Crippen LogP contribution in [0.25, 0.3) is 0 Å². The van der Waals surface area contributed by atoms with Crippen molar-refractivity contribution in [1.82, 2.24) is 9.88 Å². The molecule has 150 valence electrons. The first-order chi connectivity index (χ1) is 13.2. The molecule has 2 amide bonds. The van der Waals surface area contributed by atoms with E-state index in [2.05, 4.69) is 18.8 Å². The van der Waals surface area contributed by atoms with Crippen molar-refractivity contribution in [2.75, 3.05) is 0 Å². The number of carboxylic acids is 1. The van der Waals surface area contributed by atoms with Crippen molar-refractivity contribution >= 4 is 40.9 Å². The second kappa shape index (κ2) is 5.72. The Kier molecular flexibility index (Phi) is 3.76. The third-order valence-corrected chi connectivity index (χ3v) is 10.5. The number of rotatable bonds is 3. The maximum atomic E-state index is 13.1. The first-order valence-electron chi connectivity index (χ1n) is 9.70. The molecule has 1 saturated heterocycles. The van der Waals surface area contributed by atoms with Crippen molar-refractivity contribution in [1.29, 1.82) is 0 Å². The van der Waals surface area contributed by atoms with E-state index in [1.807, 2.05) is 0 Å². The lowest BCUT2D eigenvalue weighted by atomic mass is 9.62. The highest BCUT2D eigenvalue weighted by Crippen LogP contribution is 2.69. The number of fused-ring (bicyclic) bond motifs is 9. The minimum atomic E-state index is -1.15. The van der Waals surface area contributed by atoms with Gasteiger partial charge in [0.2, 0.25) is 11.8 Å². The van der Waals surface area contributed by atoms with Crippen molar-refractivity contribution in [3.05, 3.63) is 14.5 Å². The van der Waals surface area contributed by atoms with Crippen molar-refractivity contribution < 1.29 is 19.5 Å². The average molecular weight is 423 g/mol. The van der Waals surface area contributed by atoms with Crippen LogP contribution in [0.3, 0.4) is 0 Å². The van der Waals surface area contributed by atoms with Gasteiger partial charge in [0.05, 0.1) is 16.9 Å². The smallest absolute Gasteiger partial charge is 0.326 e. The zero-order chi connectivity index (χ0) is 20.1. The van der Waals surface area contributed by atoms with Gasteiger partial charge in [0.25, 0.3) is 0 Å². The van der Waals surface area contributed by atoms with Crippen LogP contribution in [0.5, 0.6) is 0 Å². The number of amides is 2. The molecule has 0 spiro atoms. The fourth-order valence-electron chi connectivity index (χ4n) is 6.41.